The Kier molecular flexibility index (Phi) is 7.17. The van der Waals surface area contributed by atoms with Crippen molar-refractivity contribution < 1.29 is 13.9 Å². The lowest BCUT2D eigenvalue weighted by molar-refractivity contribution is 0.252. The van der Waals surface area contributed by atoms with Crippen LogP contribution >= 0.6 is 0 Å². The summed E-state index contributed by atoms with van der Waals surface area (Å²) in [6.07, 6.45) is 1.99. The summed E-state index contributed by atoms with van der Waals surface area (Å²) in [4.78, 5) is 11.9. The number of halogens is 1. The molecule has 1 aromatic heterocycles. The van der Waals surface area contributed by atoms with E-state index in [1.807, 2.05) is 49.4 Å². The average Bonchev–Trinajstić information content (AvgIpc) is 3.04. The molecule has 160 valence electrons. The molecule has 0 atom stereocenters. The van der Waals surface area contributed by atoms with Crippen molar-refractivity contribution in [2.45, 2.75) is 33.2 Å². The van der Waals surface area contributed by atoms with Gasteiger partial charge in [0.25, 0.3) is 0 Å². The van der Waals surface area contributed by atoms with Crippen LogP contribution in [0.5, 0.6) is 5.75 Å². The van der Waals surface area contributed by atoms with E-state index in [2.05, 4.69) is 22.1 Å². The van der Waals surface area contributed by atoms with Gasteiger partial charge in [-0.05, 0) is 37.6 Å². The first-order valence-corrected chi connectivity index (χ1v) is 10.3. The Morgan fingerprint density at radius 1 is 1.17 bits per heavy atom. The largest absolute Gasteiger partial charge is 0.491 e. The number of unbranched alkanes of at least 4 members (excludes halogenated alkanes) is 1. The Bertz CT molecular complexity index is 999. The van der Waals surface area contributed by atoms with E-state index in [-0.39, 0.29) is 12.6 Å². The normalized spacial score (nSPS) is 10.9. The SMILES string of the molecule is CCCCNC(=O)Nc1ccc(-c2c(N)c3ccc(OCCF)cc3n2CC)cc1. The molecule has 7 heteroatoms. The number of amides is 2. The zero-order chi connectivity index (χ0) is 21.5. The number of benzene rings is 2. The lowest BCUT2D eigenvalue weighted by atomic mass is 10.1. The van der Waals surface area contributed by atoms with Gasteiger partial charge in [0.2, 0.25) is 0 Å². The topological polar surface area (TPSA) is 81.3 Å². The highest BCUT2D eigenvalue weighted by atomic mass is 19.1. The standard InChI is InChI=1S/C23H29FN4O2/c1-3-5-13-26-23(29)27-17-8-6-16(7-9-17)22-21(25)19-11-10-18(30-14-12-24)15-20(19)28(22)4-2/h6-11,15H,3-5,12-14,25H2,1-2H3,(H2,26,27,29). The van der Waals surface area contributed by atoms with Crippen LogP contribution in [0.15, 0.2) is 42.5 Å². The van der Waals surface area contributed by atoms with Gasteiger partial charge in [-0.15, -0.1) is 0 Å². The van der Waals surface area contributed by atoms with Crippen LogP contribution < -0.4 is 21.1 Å². The third kappa shape index (κ3) is 4.67. The molecule has 30 heavy (non-hydrogen) atoms. The van der Waals surface area contributed by atoms with E-state index in [0.29, 0.717) is 23.7 Å². The molecule has 0 bridgehead atoms. The summed E-state index contributed by atoms with van der Waals surface area (Å²) in [6.45, 7) is 5.00. The molecule has 0 aliphatic heterocycles. The number of nitrogen functional groups attached to an aromatic ring is 1. The molecule has 0 radical (unpaired) electrons. The van der Waals surface area contributed by atoms with Crippen molar-refractivity contribution in [3.05, 3.63) is 42.5 Å². The number of carbonyl (C=O) groups is 1. The van der Waals surface area contributed by atoms with E-state index in [0.717, 1.165) is 41.5 Å². The van der Waals surface area contributed by atoms with Gasteiger partial charge in [-0.2, -0.15) is 0 Å². The first-order chi connectivity index (χ1) is 14.6. The molecule has 0 spiro atoms. The van der Waals surface area contributed by atoms with Gasteiger partial charge >= 0.3 is 6.03 Å². The van der Waals surface area contributed by atoms with Gasteiger partial charge in [0.15, 0.2) is 0 Å². The fraction of sp³-hybridized carbons (Fsp3) is 0.348. The molecule has 0 aliphatic rings. The third-order valence-electron chi connectivity index (χ3n) is 4.97. The minimum Gasteiger partial charge on any atom is -0.491 e. The second-order valence-electron chi connectivity index (χ2n) is 7.03. The summed E-state index contributed by atoms with van der Waals surface area (Å²) >= 11 is 0. The zero-order valence-corrected chi connectivity index (χ0v) is 17.5. The first-order valence-electron chi connectivity index (χ1n) is 10.3. The molecule has 0 saturated carbocycles. The second kappa shape index (κ2) is 10.0. The van der Waals surface area contributed by atoms with Crippen LogP contribution in [0.25, 0.3) is 22.2 Å². The van der Waals surface area contributed by atoms with Crippen LogP contribution in [0.3, 0.4) is 0 Å². The monoisotopic (exact) mass is 412 g/mol. The molecule has 6 nitrogen and oxygen atoms in total. The summed E-state index contributed by atoms with van der Waals surface area (Å²) < 4.78 is 20.0. The number of anilines is 2. The van der Waals surface area contributed by atoms with E-state index in [4.69, 9.17) is 10.5 Å². The van der Waals surface area contributed by atoms with Gasteiger partial charge in [0.05, 0.1) is 16.9 Å². The van der Waals surface area contributed by atoms with Crippen LogP contribution in [-0.4, -0.2) is 30.4 Å². The molecule has 0 aliphatic carbocycles. The Labute approximate surface area is 176 Å². The van der Waals surface area contributed by atoms with Crippen molar-refractivity contribution in [3.8, 4) is 17.0 Å². The van der Waals surface area contributed by atoms with Gasteiger partial charge in [-0.1, -0.05) is 25.5 Å². The quantitative estimate of drug-likeness (QED) is 0.424. The van der Waals surface area contributed by atoms with E-state index < -0.39 is 6.67 Å². The predicted octanol–water partition coefficient (Wildman–Crippen LogP) is 5.18. The highest BCUT2D eigenvalue weighted by Crippen LogP contribution is 2.38. The van der Waals surface area contributed by atoms with E-state index in [1.165, 1.54) is 0 Å². The number of hydrogen-bond acceptors (Lipinski definition) is 3. The molecular formula is C23H29FN4O2. The number of aryl methyl sites for hydroxylation is 1. The van der Waals surface area contributed by atoms with Crippen molar-refractivity contribution in [3.63, 3.8) is 0 Å². The highest BCUT2D eigenvalue weighted by Gasteiger charge is 2.16. The summed E-state index contributed by atoms with van der Waals surface area (Å²) in [5, 5.41) is 6.60. The number of urea groups is 1. The zero-order valence-electron chi connectivity index (χ0n) is 17.5. The Hall–Kier alpha value is -3.22. The Morgan fingerprint density at radius 3 is 2.60 bits per heavy atom. The maximum atomic E-state index is 12.4. The van der Waals surface area contributed by atoms with Crippen LogP contribution in [0.2, 0.25) is 0 Å². The lowest BCUT2D eigenvalue weighted by Crippen LogP contribution is -2.29. The van der Waals surface area contributed by atoms with Crippen LogP contribution in [0.1, 0.15) is 26.7 Å². The van der Waals surface area contributed by atoms with Gasteiger partial charge in [0.1, 0.15) is 19.0 Å². The number of carbonyl (C=O) groups excluding carboxylic acids is 1. The van der Waals surface area contributed by atoms with E-state index in [9.17, 15) is 9.18 Å². The number of fused-ring (bicyclic) bond motifs is 1. The molecule has 2 aromatic carbocycles. The molecule has 1 heterocycles. The summed E-state index contributed by atoms with van der Waals surface area (Å²) in [6, 6.07) is 13.0. The molecule has 4 N–H and O–H groups in total. The number of rotatable bonds is 9. The molecule has 3 rings (SSSR count). The van der Waals surface area contributed by atoms with Crippen molar-refractivity contribution in [1.29, 1.82) is 0 Å². The lowest BCUT2D eigenvalue weighted by Gasteiger charge is -2.11. The second-order valence-corrected chi connectivity index (χ2v) is 7.03. The minimum absolute atomic E-state index is 0.0289. The fourth-order valence-corrected chi connectivity index (χ4v) is 3.51. The fourth-order valence-electron chi connectivity index (χ4n) is 3.51. The average molecular weight is 413 g/mol. The first kappa shape index (κ1) is 21.5. The molecule has 0 fully saturated rings. The van der Waals surface area contributed by atoms with Gasteiger partial charge in [0, 0.05) is 35.8 Å². The predicted molar refractivity (Wildman–Crippen MR) is 121 cm³/mol. The van der Waals surface area contributed by atoms with Crippen LogP contribution in [-0.2, 0) is 6.54 Å². The molecule has 0 saturated heterocycles. The smallest absolute Gasteiger partial charge is 0.319 e. The van der Waals surface area contributed by atoms with Gasteiger partial charge in [-0.3, -0.25) is 0 Å². The van der Waals surface area contributed by atoms with Crippen LogP contribution in [0, 0.1) is 0 Å². The number of alkyl halides is 1. The van der Waals surface area contributed by atoms with Crippen molar-refractivity contribution in [2.24, 2.45) is 0 Å². The number of aromatic nitrogens is 1. The number of nitrogens with zero attached hydrogens (tertiary/aromatic N) is 1. The van der Waals surface area contributed by atoms with Crippen molar-refractivity contribution in [2.75, 3.05) is 30.9 Å². The summed E-state index contributed by atoms with van der Waals surface area (Å²) in [5.74, 6) is 0.618. The molecular weight excluding hydrogens is 383 g/mol. The minimum atomic E-state index is -0.531. The van der Waals surface area contributed by atoms with E-state index >= 15 is 0 Å². The maximum Gasteiger partial charge on any atom is 0.319 e. The van der Waals surface area contributed by atoms with Crippen molar-refractivity contribution in [1.82, 2.24) is 9.88 Å². The Morgan fingerprint density at radius 2 is 1.93 bits per heavy atom. The van der Waals surface area contributed by atoms with Crippen molar-refractivity contribution >= 4 is 28.3 Å². The van der Waals surface area contributed by atoms with Crippen LogP contribution in [0.4, 0.5) is 20.6 Å². The van der Waals surface area contributed by atoms with Gasteiger partial charge < -0.3 is 25.7 Å². The Balaban J connectivity index is 1.86. The number of nitrogens with one attached hydrogen (secondary N) is 2. The third-order valence-corrected chi connectivity index (χ3v) is 4.97. The molecule has 3 aromatic rings. The summed E-state index contributed by atoms with van der Waals surface area (Å²) in [5.41, 5.74) is 10.7. The molecule has 2 amide bonds. The number of ether oxygens (including phenoxy) is 1. The summed E-state index contributed by atoms with van der Waals surface area (Å²) in [7, 11) is 0. The number of hydrogen-bond donors (Lipinski definition) is 3. The molecule has 0 unspecified atom stereocenters. The maximum absolute atomic E-state index is 12.4. The highest BCUT2D eigenvalue weighted by molar-refractivity contribution is 6.01. The van der Waals surface area contributed by atoms with E-state index in [1.54, 1.807) is 0 Å². The van der Waals surface area contributed by atoms with Gasteiger partial charge in [-0.25, -0.2) is 9.18 Å². The number of nitrogens with two attached hydrogens (primary N) is 1.